The van der Waals surface area contributed by atoms with Gasteiger partial charge in [0, 0.05) is 18.8 Å². The number of ether oxygens (including phenoxy) is 1. The number of nitrogens with zero attached hydrogens (tertiary/aromatic N) is 1. The second kappa shape index (κ2) is 6.00. The van der Waals surface area contributed by atoms with Gasteiger partial charge in [-0.25, -0.2) is 0 Å². The molecule has 0 bridgehead atoms. The van der Waals surface area contributed by atoms with Crippen molar-refractivity contribution in [1.29, 1.82) is 0 Å². The van der Waals surface area contributed by atoms with E-state index in [-0.39, 0.29) is 5.91 Å². The predicted molar refractivity (Wildman–Crippen MR) is 74.1 cm³/mol. The largest absolute Gasteiger partial charge is 0.487 e. The Balaban J connectivity index is 1.92. The molecule has 0 atom stereocenters. The molecule has 0 saturated carbocycles. The maximum atomic E-state index is 10.9. The molecule has 4 nitrogen and oxygen atoms in total. The lowest BCUT2D eigenvalue weighted by molar-refractivity contribution is -0.114. The molecular formula is C15H16N2O2. The molecule has 2 rings (SSSR count). The van der Waals surface area contributed by atoms with E-state index in [9.17, 15) is 4.79 Å². The summed E-state index contributed by atoms with van der Waals surface area (Å²) in [6.07, 6.45) is 1.82. The van der Waals surface area contributed by atoms with Crippen molar-refractivity contribution in [2.24, 2.45) is 0 Å². The highest BCUT2D eigenvalue weighted by atomic mass is 16.5. The Morgan fingerprint density at radius 2 is 1.95 bits per heavy atom. The molecule has 1 N–H and O–H groups in total. The number of amides is 1. The van der Waals surface area contributed by atoms with Crippen molar-refractivity contribution in [1.82, 2.24) is 4.98 Å². The zero-order valence-electron chi connectivity index (χ0n) is 11.0. The van der Waals surface area contributed by atoms with Crippen LogP contribution in [0.2, 0.25) is 0 Å². The molecule has 1 aromatic carbocycles. The molecule has 1 heterocycles. The van der Waals surface area contributed by atoms with Gasteiger partial charge in [-0.05, 0) is 42.8 Å². The van der Waals surface area contributed by atoms with Crippen molar-refractivity contribution in [3.05, 3.63) is 53.9 Å². The first-order chi connectivity index (χ1) is 9.13. The maximum absolute atomic E-state index is 10.9. The monoisotopic (exact) mass is 256 g/mol. The number of nitrogens with one attached hydrogen (secondary N) is 1. The Hall–Kier alpha value is -2.36. The van der Waals surface area contributed by atoms with Crippen LogP contribution in [0.15, 0.2) is 42.6 Å². The third-order valence-electron chi connectivity index (χ3n) is 2.53. The Kier molecular flexibility index (Phi) is 4.13. The van der Waals surface area contributed by atoms with Gasteiger partial charge in [0.25, 0.3) is 0 Å². The Morgan fingerprint density at radius 1 is 1.21 bits per heavy atom. The normalized spacial score (nSPS) is 10.0. The molecule has 4 heteroatoms. The van der Waals surface area contributed by atoms with Crippen molar-refractivity contribution in [2.75, 3.05) is 5.32 Å². The average Bonchev–Trinajstić information content (AvgIpc) is 2.39. The van der Waals surface area contributed by atoms with Crippen LogP contribution in [0.5, 0.6) is 5.75 Å². The minimum absolute atomic E-state index is 0.0856. The van der Waals surface area contributed by atoms with Crippen LogP contribution in [0.25, 0.3) is 0 Å². The molecule has 98 valence electrons. The molecule has 0 aliphatic carbocycles. The number of pyridine rings is 1. The van der Waals surface area contributed by atoms with Crippen LogP contribution in [0, 0.1) is 6.92 Å². The summed E-state index contributed by atoms with van der Waals surface area (Å²) in [7, 11) is 0. The lowest BCUT2D eigenvalue weighted by Crippen LogP contribution is -2.05. The standard InChI is InChI=1S/C15H16N2O2/c1-11-3-4-14(16-9-11)10-19-15-7-5-13(6-8-15)17-12(2)18/h3-9H,10H2,1-2H3,(H,17,18). The highest BCUT2D eigenvalue weighted by molar-refractivity contribution is 5.88. The number of carbonyl (C=O) groups excluding carboxylic acids is 1. The van der Waals surface area contributed by atoms with E-state index in [0.29, 0.717) is 6.61 Å². The SMILES string of the molecule is CC(=O)Nc1ccc(OCc2ccc(C)cn2)cc1. The maximum Gasteiger partial charge on any atom is 0.221 e. The third-order valence-corrected chi connectivity index (χ3v) is 2.53. The summed E-state index contributed by atoms with van der Waals surface area (Å²) in [5.41, 5.74) is 2.77. The summed E-state index contributed by atoms with van der Waals surface area (Å²) in [6, 6.07) is 11.2. The molecule has 1 aromatic heterocycles. The van der Waals surface area contributed by atoms with Gasteiger partial charge in [0.15, 0.2) is 0 Å². The van der Waals surface area contributed by atoms with Gasteiger partial charge < -0.3 is 10.1 Å². The van der Waals surface area contributed by atoms with E-state index in [1.165, 1.54) is 6.92 Å². The second-order valence-corrected chi connectivity index (χ2v) is 4.32. The number of aryl methyl sites for hydroxylation is 1. The van der Waals surface area contributed by atoms with Gasteiger partial charge in [-0.3, -0.25) is 9.78 Å². The predicted octanol–water partition coefficient (Wildman–Crippen LogP) is 2.93. The molecule has 0 spiro atoms. The lowest BCUT2D eigenvalue weighted by Gasteiger charge is -2.07. The molecule has 0 aliphatic rings. The molecule has 0 saturated heterocycles. The molecular weight excluding hydrogens is 240 g/mol. The first-order valence-corrected chi connectivity index (χ1v) is 6.05. The number of anilines is 1. The summed E-state index contributed by atoms with van der Waals surface area (Å²) < 4.78 is 5.62. The summed E-state index contributed by atoms with van der Waals surface area (Å²) >= 11 is 0. The molecule has 0 fully saturated rings. The van der Waals surface area contributed by atoms with E-state index in [1.54, 1.807) is 12.1 Å². The van der Waals surface area contributed by atoms with Crippen LogP contribution in [0.3, 0.4) is 0 Å². The van der Waals surface area contributed by atoms with Crippen molar-refractivity contribution < 1.29 is 9.53 Å². The smallest absolute Gasteiger partial charge is 0.221 e. The fraction of sp³-hybridized carbons (Fsp3) is 0.200. The van der Waals surface area contributed by atoms with E-state index in [2.05, 4.69) is 10.3 Å². The van der Waals surface area contributed by atoms with Gasteiger partial charge >= 0.3 is 0 Å². The Morgan fingerprint density at radius 3 is 2.53 bits per heavy atom. The summed E-state index contributed by atoms with van der Waals surface area (Å²) in [5.74, 6) is 0.661. The second-order valence-electron chi connectivity index (χ2n) is 4.32. The fourth-order valence-corrected chi connectivity index (χ4v) is 1.58. The van der Waals surface area contributed by atoms with Gasteiger partial charge in [0.2, 0.25) is 5.91 Å². The number of hydrogen-bond donors (Lipinski definition) is 1. The molecule has 0 aliphatic heterocycles. The molecule has 19 heavy (non-hydrogen) atoms. The van der Waals surface area contributed by atoms with Crippen LogP contribution >= 0.6 is 0 Å². The molecule has 0 unspecified atom stereocenters. The minimum Gasteiger partial charge on any atom is -0.487 e. The number of benzene rings is 1. The van der Waals surface area contributed by atoms with E-state index >= 15 is 0 Å². The average molecular weight is 256 g/mol. The van der Waals surface area contributed by atoms with Crippen LogP contribution in [-0.2, 0) is 11.4 Å². The van der Waals surface area contributed by atoms with Gasteiger partial charge in [0.05, 0.1) is 5.69 Å². The molecule has 2 aromatic rings. The van der Waals surface area contributed by atoms with Gasteiger partial charge in [0.1, 0.15) is 12.4 Å². The Labute approximate surface area is 112 Å². The van der Waals surface area contributed by atoms with Crippen LogP contribution in [0.1, 0.15) is 18.2 Å². The van der Waals surface area contributed by atoms with Crippen molar-refractivity contribution in [3.63, 3.8) is 0 Å². The van der Waals surface area contributed by atoms with Crippen LogP contribution < -0.4 is 10.1 Å². The summed E-state index contributed by atoms with van der Waals surface area (Å²) in [6.45, 7) is 3.91. The number of hydrogen-bond acceptors (Lipinski definition) is 3. The van der Waals surface area contributed by atoms with E-state index in [1.807, 2.05) is 37.4 Å². The topological polar surface area (TPSA) is 51.2 Å². The van der Waals surface area contributed by atoms with Gasteiger partial charge in [-0.2, -0.15) is 0 Å². The zero-order chi connectivity index (χ0) is 13.7. The van der Waals surface area contributed by atoms with E-state index in [4.69, 9.17) is 4.74 Å². The number of rotatable bonds is 4. The van der Waals surface area contributed by atoms with Gasteiger partial charge in [-0.1, -0.05) is 6.07 Å². The highest BCUT2D eigenvalue weighted by Gasteiger charge is 1.99. The quantitative estimate of drug-likeness (QED) is 0.915. The van der Waals surface area contributed by atoms with Crippen molar-refractivity contribution >= 4 is 11.6 Å². The lowest BCUT2D eigenvalue weighted by atomic mass is 10.3. The zero-order valence-corrected chi connectivity index (χ0v) is 11.0. The van der Waals surface area contributed by atoms with Crippen LogP contribution in [-0.4, -0.2) is 10.9 Å². The Bertz CT molecular complexity index is 547. The van der Waals surface area contributed by atoms with Gasteiger partial charge in [-0.15, -0.1) is 0 Å². The summed E-state index contributed by atoms with van der Waals surface area (Å²) in [4.78, 5) is 15.2. The van der Waals surface area contributed by atoms with E-state index < -0.39 is 0 Å². The minimum atomic E-state index is -0.0856. The van der Waals surface area contributed by atoms with Crippen LogP contribution in [0.4, 0.5) is 5.69 Å². The van der Waals surface area contributed by atoms with E-state index in [0.717, 1.165) is 22.7 Å². The molecule has 1 amide bonds. The highest BCUT2D eigenvalue weighted by Crippen LogP contribution is 2.16. The number of aromatic nitrogens is 1. The van der Waals surface area contributed by atoms with Crippen molar-refractivity contribution in [2.45, 2.75) is 20.5 Å². The number of carbonyl (C=O) groups is 1. The fourth-order valence-electron chi connectivity index (χ4n) is 1.58. The first kappa shape index (κ1) is 13.1. The first-order valence-electron chi connectivity index (χ1n) is 6.05. The third kappa shape index (κ3) is 4.10. The summed E-state index contributed by atoms with van der Waals surface area (Å²) in [5, 5.41) is 2.71. The molecule has 0 radical (unpaired) electrons. The van der Waals surface area contributed by atoms with Crippen molar-refractivity contribution in [3.8, 4) is 5.75 Å².